The Morgan fingerprint density at radius 3 is 2.67 bits per heavy atom. The van der Waals surface area contributed by atoms with Crippen molar-refractivity contribution in [3.63, 3.8) is 0 Å². The monoisotopic (exact) mass is 199 g/mol. The number of aliphatic hydroxyl groups excluding tert-OH is 1. The first-order valence-electron chi connectivity index (χ1n) is 4.93. The molecule has 0 amide bonds. The molecule has 0 bridgehead atoms. The van der Waals surface area contributed by atoms with E-state index < -0.39 is 0 Å². The van der Waals surface area contributed by atoms with Crippen LogP contribution in [-0.4, -0.2) is 10.1 Å². The molecule has 0 spiro atoms. The van der Waals surface area contributed by atoms with Gasteiger partial charge in [0.15, 0.2) is 0 Å². The second-order valence-electron chi connectivity index (χ2n) is 3.48. The highest BCUT2D eigenvalue weighted by Gasteiger charge is 2.07. The van der Waals surface area contributed by atoms with Crippen molar-refractivity contribution in [2.24, 2.45) is 0 Å². The summed E-state index contributed by atoms with van der Waals surface area (Å²) >= 11 is 0. The third-order valence-corrected chi connectivity index (χ3v) is 2.45. The number of aromatic nitrogens is 1. The lowest BCUT2D eigenvalue weighted by atomic mass is 9.99. The molecule has 0 aliphatic rings. The van der Waals surface area contributed by atoms with Gasteiger partial charge in [0.1, 0.15) is 0 Å². The van der Waals surface area contributed by atoms with E-state index in [0.717, 1.165) is 22.4 Å². The van der Waals surface area contributed by atoms with Gasteiger partial charge in [-0.3, -0.25) is 4.98 Å². The molecule has 1 N–H and O–H groups in total. The highest BCUT2D eigenvalue weighted by molar-refractivity contribution is 5.67. The summed E-state index contributed by atoms with van der Waals surface area (Å²) in [6, 6.07) is 11.7. The number of pyridine rings is 1. The second-order valence-corrected chi connectivity index (χ2v) is 3.48. The van der Waals surface area contributed by atoms with Gasteiger partial charge in [0.25, 0.3) is 0 Å². The van der Waals surface area contributed by atoms with Gasteiger partial charge in [-0.2, -0.15) is 0 Å². The summed E-state index contributed by atoms with van der Waals surface area (Å²) < 4.78 is 0. The molecule has 1 heterocycles. The van der Waals surface area contributed by atoms with Crippen LogP contribution in [0.5, 0.6) is 0 Å². The highest BCUT2D eigenvalue weighted by atomic mass is 16.3. The van der Waals surface area contributed by atoms with E-state index in [1.165, 1.54) is 0 Å². The molecule has 15 heavy (non-hydrogen) atoms. The quantitative estimate of drug-likeness (QED) is 0.806. The Bertz CT molecular complexity index is 451. The molecule has 0 aliphatic heterocycles. The van der Waals surface area contributed by atoms with Crippen LogP contribution >= 0.6 is 0 Å². The Labute approximate surface area is 89.2 Å². The van der Waals surface area contributed by atoms with Gasteiger partial charge in [-0.25, -0.2) is 0 Å². The Morgan fingerprint density at radius 2 is 2.00 bits per heavy atom. The molecule has 1 aromatic heterocycles. The van der Waals surface area contributed by atoms with Crippen molar-refractivity contribution in [2.45, 2.75) is 13.5 Å². The maximum atomic E-state index is 9.28. The Morgan fingerprint density at radius 1 is 1.13 bits per heavy atom. The molecule has 0 fully saturated rings. The summed E-state index contributed by atoms with van der Waals surface area (Å²) in [6.07, 6.45) is 1.77. The van der Waals surface area contributed by atoms with Crippen molar-refractivity contribution in [3.05, 3.63) is 53.7 Å². The van der Waals surface area contributed by atoms with Gasteiger partial charge < -0.3 is 5.11 Å². The third kappa shape index (κ3) is 1.90. The Hall–Kier alpha value is -1.67. The zero-order valence-electron chi connectivity index (χ0n) is 8.64. The summed E-state index contributed by atoms with van der Waals surface area (Å²) in [6.45, 7) is 2.08. The van der Waals surface area contributed by atoms with Gasteiger partial charge in [0.2, 0.25) is 0 Å². The van der Waals surface area contributed by atoms with Gasteiger partial charge in [-0.1, -0.05) is 24.3 Å². The van der Waals surface area contributed by atoms with Crippen LogP contribution < -0.4 is 0 Å². The fourth-order valence-corrected chi connectivity index (χ4v) is 1.74. The first-order chi connectivity index (χ1) is 7.33. The minimum Gasteiger partial charge on any atom is -0.392 e. The van der Waals surface area contributed by atoms with Crippen LogP contribution in [0.2, 0.25) is 0 Å². The van der Waals surface area contributed by atoms with Gasteiger partial charge in [0, 0.05) is 11.8 Å². The lowest BCUT2D eigenvalue weighted by Crippen LogP contribution is -1.94. The van der Waals surface area contributed by atoms with Gasteiger partial charge in [-0.15, -0.1) is 0 Å². The average Bonchev–Trinajstić information content (AvgIpc) is 2.29. The Balaban J connectivity index is 2.61. The van der Waals surface area contributed by atoms with E-state index in [9.17, 15) is 5.11 Å². The summed E-state index contributed by atoms with van der Waals surface area (Å²) in [7, 11) is 0. The van der Waals surface area contributed by atoms with E-state index in [-0.39, 0.29) is 6.61 Å². The minimum absolute atomic E-state index is 0.0492. The molecule has 76 valence electrons. The van der Waals surface area contributed by atoms with E-state index in [1.807, 2.05) is 43.3 Å². The molecule has 0 saturated heterocycles. The summed E-state index contributed by atoms with van der Waals surface area (Å²) in [5.74, 6) is 0. The number of hydrogen-bond acceptors (Lipinski definition) is 2. The van der Waals surface area contributed by atoms with Crippen LogP contribution in [0.15, 0.2) is 42.6 Å². The number of benzene rings is 1. The number of hydrogen-bond donors (Lipinski definition) is 1. The molecule has 2 heteroatoms. The van der Waals surface area contributed by atoms with E-state index in [0.29, 0.717) is 0 Å². The summed E-state index contributed by atoms with van der Waals surface area (Å²) in [4.78, 5) is 4.31. The van der Waals surface area contributed by atoms with Crippen LogP contribution in [0.4, 0.5) is 0 Å². The van der Waals surface area contributed by atoms with Crippen molar-refractivity contribution < 1.29 is 5.11 Å². The van der Waals surface area contributed by atoms with Crippen molar-refractivity contribution in [1.82, 2.24) is 4.98 Å². The molecule has 0 radical (unpaired) electrons. The summed E-state index contributed by atoms with van der Waals surface area (Å²) in [5.41, 5.74) is 4.02. The smallest absolute Gasteiger partial charge is 0.0708 e. The van der Waals surface area contributed by atoms with Crippen LogP contribution in [0.3, 0.4) is 0 Å². The minimum atomic E-state index is 0.0492. The largest absolute Gasteiger partial charge is 0.392 e. The zero-order chi connectivity index (χ0) is 10.7. The first kappa shape index (κ1) is 9.87. The molecule has 2 rings (SSSR count). The van der Waals surface area contributed by atoms with Gasteiger partial charge >= 0.3 is 0 Å². The van der Waals surface area contributed by atoms with E-state index >= 15 is 0 Å². The van der Waals surface area contributed by atoms with Crippen LogP contribution in [0.25, 0.3) is 11.3 Å². The molecule has 0 atom stereocenters. The van der Waals surface area contributed by atoms with Gasteiger partial charge in [-0.05, 0) is 30.2 Å². The van der Waals surface area contributed by atoms with Crippen LogP contribution in [0.1, 0.15) is 11.1 Å². The standard InChI is InChI=1S/C13H13NO/c1-10-5-4-6-11(9-15)13(10)12-7-2-3-8-14-12/h2-8,15H,9H2,1H3. The predicted octanol–water partition coefficient (Wildman–Crippen LogP) is 2.55. The van der Waals surface area contributed by atoms with Crippen molar-refractivity contribution in [1.29, 1.82) is 0 Å². The molecule has 0 saturated carbocycles. The second kappa shape index (κ2) is 4.24. The zero-order valence-corrected chi connectivity index (χ0v) is 8.64. The van der Waals surface area contributed by atoms with E-state index in [4.69, 9.17) is 0 Å². The van der Waals surface area contributed by atoms with Crippen molar-refractivity contribution in [3.8, 4) is 11.3 Å². The lowest BCUT2D eigenvalue weighted by molar-refractivity contribution is 0.282. The fraction of sp³-hybridized carbons (Fsp3) is 0.154. The Kier molecular flexibility index (Phi) is 2.79. The van der Waals surface area contributed by atoms with E-state index in [2.05, 4.69) is 4.98 Å². The molecule has 2 aromatic rings. The average molecular weight is 199 g/mol. The third-order valence-electron chi connectivity index (χ3n) is 2.45. The molecule has 1 aromatic carbocycles. The maximum absolute atomic E-state index is 9.28. The SMILES string of the molecule is Cc1cccc(CO)c1-c1ccccn1. The molecule has 0 aliphatic carbocycles. The topological polar surface area (TPSA) is 33.1 Å². The van der Waals surface area contributed by atoms with Crippen molar-refractivity contribution >= 4 is 0 Å². The molecular weight excluding hydrogens is 186 g/mol. The fourth-order valence-electron chi connectivity index (χ4n) is 1.74. The predicted molar refractivity (Wildman–Crippen MR) is 60.3 cm³/mol. The van der Waals surface area contributed by atoms with E-state index in [1.54, 1.807) is 6.20 Å². The first-order valence-corrected chi connectivity index (χ1v) is 4.93. The lowest BCUT2D eigenvalue weighted by Gasteiger charge is -2.09. The number of nitrogens with zero attached hydrogens (tertiary/aromatic N) is 1. The molecule has 2 nitrogen and oxygen atoms in total. The van der Waals surface area contributed by atoms with Crippen LogP contribution in [0, 0.1) is 6.92 Å². The summed E-state index contributed by atoms with van der Waals surface area (Å²) in [5, 5.41) is 9.28. The number of aliphatic hydroxyl groups is 1. The molecular formula is C13H13NO. The maximum Gasteiger partial charge on any atom is 0.0708 e. The number of rotatable bonds is 2. The highest BCUT2D eigenvalue weighted by Crippen LogP contribution is 2.25. The number of aryl methyl sites for hydroxylation is 1. The van der Waals surface area contributed by atoms with Crippen LogP contribution in [-0.2, 0) is 6.61 Å². The normalized spacial score (nSPS) is 10.3. The van der Waals surface area contributed by atoms with Gasteiger partial charge in [0.05, 0.1) is 12.3 Å². The van der Waals surface area contributed by atoms with Crippen molar-refractivity contribution in [2.75, 3.05) is 0 Å². The molecule has 0 unspecified atom stereocenters.